The van der Waals surface area contributed by atoms with Gasteiger partial charge in [-0.05, 0) is 74.1 Å². The van der Waals surface area contributed by atoms with E-state index in [1.54, 1.807) is 28.1 Å². The summed E-state index contributed by atoms with van der Waals surface area (Å²) < 4.78 is 28.5. The van der Waals surface area contributed by atoms with E-state index in [0.717, 1.165) is 17.5 Å². The molecule has 276 valence electrons. The van der Waals surface area contributed by atoms with E-state index in [1.807, 2.05) is 62.4 Å². The van der Waals surface area contributed by atoms with Crippen molar-refractivity contribution < 1.29 is 38.1 Å². The first-order valence-electron chi connectivity index (χ1n) is 17.6. The van der Waals surface area contributed by atoms with Gasteiger partial charge in [0, 0.05) is 39.5 Å². The van der Waals surface area contributed by atoms with Gasteiger partial charge >= 0.3 is 11.9 Å². The molecule has 0 saturated heterocycles. The summed E-state index contributed by atoms with van der Waals surface area (Å²) in [6, 6.07) is 17.4. The summed E-state index contributed by atoms with van der Waals surface area (Å²) in [5.74, 6) is -1.49. The van der Waals surface area contributed by atoms with Crippen LogP contribution in [0.3, 0.4) is 0 Å². The molecule has 0 aliphatic rings. The molecule has 1 N–H and O–H groups in total. The van der Waals surface area contributed by atoms with E-state index in [0.29, 0.717) is 37.6 Å². The third-order valence-electron chi connectivity index (χ3n) is 8.90. The molecule has 10 heteroatoms. The molecule has 1 amide bonds. The van der Waals surface area contributed by atoms with Crippen molar-refractivity contribution in [2.45, 2.75) is 86.9 Å². The number of methoxy groups -OCH3 is 2. The Morgan fingerprint density at radius 3 is 2.16 bits per heavy atom. The lowest BCUT2D eigenvalue weighted by molar-refractivity contribution is -0.165. The maximum absolute atomic E-state index is 14.1. The Labute approximate surface area is 299 Å². The average Bonchev–Trinajstić information content (AvgIpc) is 3.08. The Kier molecular flexibility index (Phi) is 17.8. The van der Waals surface area contributed by atoms with E-state index in [1.165, 1.54) is 6.92 Å². The highest BCUT2D eigenvalue weighted by atomic mass is 16.6. The molecule has 0 aliphatic heterocycles. The van der Waals surface area contributed by atoms with Crippen LogP contribution in [0.1, 0.15) is 78.9 Å². The van der Waals surface area contributed by atoms with Gasteiger partial charge in [0.25, 0.3) is 0 Å². The lowest BCUT2D eigenvalue weighted by Gasteiger charge is -2.33. The average molecular weight is 695 g/mol. The quantitative estimate of drug-likeness (QED) is 0.103. The molecular weight excluding hydrogens is 636 g/mol. The minimum atomic E-state index is -0.922. The number of rotatable bonds is 22. The zero-order valence-corrected chi connectivity index (χ0v) is 31.5. The summed E-state index contributed by atoms with van der Waals surface area (Å²) in [6.45, 7) is 14.1. The zero-order chi connectivity index (χ0) is 37.3. The van der Waals surface area contributed by atoms with Gasteiger partial charge in [0.05, 0.1) is 31.1 Å². The Bertz CT molecular complexity index is 1390. The van der Waals surface area contributed by atoms with Crippen LogP contribution >= 0.6 is 0 Å². The molecule has 0 aliphatic carbocycles. The summed E-state index contributed by atoms with van der Waals surface area (Å²) in [4.78, 5) is 40.2. The number of carbonyl (C=O) groups excluding carboxylic acids is 3. The zero-order valence-electron chi connectivity index (χ0n) is 31.5. The molecule has 2 rings (SSSR count). The summed E-state index contributed by atoms with van der Waals surface area (Å²) >= 11 is 0. The van der Waals surface area contributed by atoms with Gasteiger partial charge in [0.2, 0.25) is 5.91 Å². The molecule has 50 heavy (non-hydrogen) atoms. The predicted octanol–water partition coefficient (Wildman–Crippen LogP) is 6.93. The second-order valence-corrected chi connectivity index (χ2v) is 14.3. The minimum Gasteiger partial charge on any atom is -0.493 e. The fourth-order valence-corrected chi connectivity index (χ4v) is 5.72. The van der Waals surface area contributed by atoms with Crippen molar-refractivity contribution in [3.63, 3.8) is 0 Å². The second kappa shape index (κ2) is 21.2. The Hall–Kier alpha value is -4.10. The van der Waals surface area contributed by atoms with Crippen LogP contribution in [0.4, 0.5) is 0 Å². The van der Waals surface area contributed by atoms with Crippen molar-refractivity contribution in [3.05, 3.63) is 59.7 Å². The van der Waals surface area contributed by atoms with Crippen LogP contribution in [0.15, 0.2) is 48.5 Å². The van der Waals surface area contributed by atoms with Gasteiger partial charge in [-0.3, -0.25) is 14.4 Å². The second-order valence-electron chi connectivity index (χ2n) is 14.3. The minimum absolute atomic E-state index is 0.0279. The number of ether oxygens (including phenoxy) is 5. The number of hydrogen-bond acceptors (Lipinski definition) is 9. The van der Waals surface area contributed by atoms with E-state index in [-0.39, 0.29) is 43.2 Å². The highest BCUT2D eigenvalue weighted by Crippen LogP contribution is 2.35. The number of nitrogens with zero attached hydrogens (tertiary/aromatic N) is 1. The number of amides is 1. The Morgan fingerprint density at radius 2 is 1.58 bits per heavy atom. The van der Waals surface area contributed by atoms with Crippen molar-refractivity contribution in [3.8, 4) is 17.6 Å². The molecule has 0 aromatic heterocycles. The first-order valence-corrected chi connectivity index (χ1v) is 17.6. The van der Waals surface area contributed by atoms with Crippen LogP contribution in [0.2, 0.25) is 0 Å². The molecule has 2 aromatic carbocycles. The molecule has 0 heterocycles. The molecule has 2 aromatic rings. The first-order chi connectivity index (χ1) is 23.7. The largest absolute Gasteiger partial charge is 0.493 e. The number of carbonyl (C=O) groups is 3. The molecule has 10 nitrogen and oxygen atoms in total. The fourth-order valence-electron chi connectivity index (χ4n) is 5.72. The highest BCUT2D eigenvalue weighted by molar-refractivity contribution is 5.79. The molecule has 0 saturated carbocycles. The standard InChI is InChI=1S/C40H58N2O8/c1-27(2)32(20-31-16-17-35(47-9)37(21-31)48-19-13-18-46-8)22-34(39(45)49-24-30-14-11-10-12-15-30)36(50-29(5)43)23-33(28(3)4)38(44)42-26-40(6,7)25-41/h10-12,14-17,21,27-28,32-34,36H,13,18-20,22-24,26H2,1-9H3,(H,42,44)/t32-,33+,34-,36+/m1/s1. The van der Waals surface area contributed by atoms with Gasteiger partial charge in [0.1, 0.15) is 12.7 Å². The van der Waals surface area contributed by atoms with E-state index in [4.69, 9.17) is 23.7 Å². The number of benzene rings is 2. The summed E-state index contributed by atoms with van der Waals surface area (Å²) in [5.41, 5.74) is 1.09. The molecule has 0 unspecified atom stereocenters. The van der Waals surface area contributed by atoms with Crippen LogP contribution in [-0.4, -0.2) is 57.9 Å². The van der Waals surface area contributed by atoms with Crippen LogP contribution in [0, 0.1) is 46.3 Å². The van der Waals surface area contributed by atoms with Crippen LogP contribution < -0.4 is 14.8 Å². The molecule has 0 radical (unpaired) electrons. The van der Waals surface area contributed by atoms with Gasteiger partial charge in [0.15, 0.2) is 11.5 Å². The van der Waals surface area contributed by atoms with Crippen molar-refractivity contribution in [1.82, 2.24) is 5.32 Å². The monoisotopic (exact) mass is 694 g/mol. The topological polar surface area (TPSA) is 133 Å². The SMILES string of the molecule is COCCCOc1cc(C[C@H](C[C@@H](C(=O)OCc2ccccc2)[C@H](C[C@H](C(=O)NCC(C)(C)C#N)C(C)C)OC(C)=O)C(C)C)ccc1OC. The van der Waals surface area contributed by atoms with Gasteiger partial charge < -0.3 is 29.0 Å². The summed E-state index contributed by atoms with van der Waals surface area (Å²) in [6.07, 6.45) is 0.896. The smallest absolute Gasteiger partial charge is 0.313 e. The number of nitriles is 1. The van der Waals surface area contributed by atoms with Gasteiger partial charge in [-0.2, -0.15) is 5.26 Å². The maximum Gasteiger partial charge on any atom is 0.313 e. The molecular formula is C40H58N2O8. The summed E-state index contributed by atoms with van der Waals surface area (Å²) in [7, 11) is 3.25. The Morgan fingerprint density at radius 1 is 0.880 bits per heavy atom. The number of hydrogen-bond donors (Lipinski definition) is 1. The highest BCUT2D eigenvalue weighted by Gasteiger charge is 2.39. The molecule has 0 bridgehead atoms. The Balaban J connectivity index is 2.47. The van der Waals surface area contributed by atoms with E-state index in [9.17, 15) is 19.6 Å². The number of nitrogens with one attached hydrogen (secondary N) is 1. The van der Waals surface area contributed by atoms with Gasteiger partial charge in [-0.1, -0.05) is 64.1 Å². The molecule has 0 fully saturated rings. The third-order valence-corrected chi connectivity index (χ3v) is 8.90. The van der Waals surface area contributed by atoms with Crippen LogP contribution in [0.25, 0.3) is 0 Å². The molecule has 0 spiro atoms. The fraction of sp³-hybridized carbons (Fsp3) is 0.600. The van der Waals surface area contributed by atoms with Crippen molar-refractivity contribution in [1.29, 1.82) is 5.26 Å². The van der Waals surface area contributed by atoms with Crippen LogP contribution in [-0.2, 0) is 41.6 Å². The lowest BCUT2D eigenvalue weighted by Crippen LogP contribution is -2.43. The summed E-state index contributed by atoms with van der Waals surface area (Å²) in [5, 5.41) is 12.4. The maximum atomic E-state index is 14.1. The van der Waals surface area contributed by atoms with E-state index < -0.39 is 35.3 Å². The van der Waals surface area contributed by atoms with E-state index in [2.05, 4.69) is 25.2 Å². The predicted molar refractivity (Wildman–Crippen MR) is 192 cm³/mol. The normalized spacial score (nSPS) is 13.9. The van der Waals surface area contributed by atoms with E-state index >= 15 is 0 Å². The molecule has 4 atom stereocenters. The third kappa shape index (κ3) is 14.4. The van der Waals surface area contributed by atoms with Gasteiger partial charge in [-0.15, -0.1) is 0 Å². The lowest BCUT2D eigenvalue weighted by atomic mass is 9.77. The number of esters is 2. The van der Waals surface area contributed by atoms with Crippen molar-refractivity contribution in [2.75, 3.05) is 34.0 Å². The van der Waals surface area contributed by atoms with Crippen molar-refractivity contribution >= 4 is 17.8 Å². The van der Waals surface area contributed by atoms with Crippen LogP contribution in [0.5, 0.6) is 11.5 Å². The van der Waals surface area contributed by atoms with Gasteiger partial charge in [-0.25, -0.2) is 0 Å². The van der Waals surface area contributed by atoms with Crippen molar-refractivity contribution in [2.24, 2.45) is 35.0 Å². The first kappa shape index (κ1) is 42.1.